The second-order valence-corrected chi connectivity index (χ2v) is 7.70. The minimum absolute atomic E-state index is 0.0500. The Labute approximate surface area is 189 Å². The van der Waals surface area contributed by atoms with Gasteiger partial charge in [0.2, 0.25) is 5.91 Å². The minimum Gasteiger partial charge on any atom is -0.383 e. The lowest BCUT2D eigenvalue weighted by atomic mass is 10.1. The summed E-state index contributed by atoms with van der Waals surface area (Å²) in [4.78, 5) is 30.7. The lowest BCUT2D eigenvalue weighted by molar-refractivity contribution is -0.117. The molecular formula is C19H19Cl4N3O3. The maximum atomic E-state index is 13.0. The van der Waals surface area contributed by atoms with E-state index in [2.05, 4.69) is 10.3 Å². The zero-order chi connectivity index (χ0) is 21.7. The molecule has 2 rings (SSSR count). The topological polar surface area (TPSA) is 71.5 Å². The second-order valence-electron chi connectivity index (χ2n) is 6.21. The molecule has 0 saturated carbocycles. The molecule has 0 spiro atoms. The van der Waals surface area contributed by atoms with Crippen LogP contribution in [0.1, 0.15) is 21.6 Å². The third kappa shape index (κ3) is 5.74. The first-order chi connectivity index (χ1) is 13.7. The van der Waals surface area contributed by atoms with Crippen molar-refractivity contribution in [1.82, 2.24) is 9.88 Å². The van der Waals surface area contributed by atoms with Crippen molar-refractivity contribution in [2.24, 2.45) is 0 Å². The maximum absolute atomic E-state index is 13.0. The number of carbonyl (C=O) groups excluding carboxylic acids is 2. The largest absolute Gasteiger partial charge is 0.383 e. The molecule has 2 amide bonds. The molecule has 1 aromatic carbocycles. The van der Waals surface area contributed by atoms with Crippen LogP contribution in [0, 0.1) is 13.8 Å². The van der Waals surface area contributed by atoms with Crippen LogP contribution in [0.25, 0.3) is 0 Å². The van der Waals surface area contributed by atoms with Crippen LogP contribution in [0.15, 0.2) is 18.2 Å². The Bertz CT molecular complexity index is 937. The fourth-order valence-corrected chi connectivity index (χ4v) is 3.29. The normalized spacial score (nSPS) is 10.7. The van der Waals surface area contributed by atoms with Gasteiger partial charge in [-0.15, -0.1) is 0 Å². The van der Waals surface area contributed by atoms with E-state index < -0.39 is 5.91 Å². The van der Waals surface area contributed by atoms with Gasteiger partial charge in [0.05, 0.1) is 21.7 Å². The highest BCUT2D eigenvalue weighted by Gasteiger charge is 2.26. The summed E-state index contributed by atoms with van der Waals surface area (Å²) in [5.74, 6) is -1.01. The third-order valence-electron chi connectivity index (χ3n) is 4.25. The van der Waals surface area contributed by atoms with Gasteiger partial charge in [0.25, 0.3) is 5.91 Å². The van der Waals surface area contributed by atoms with Crippen molar-refractivity contribution in [3.05, 3.63) is 55.2 Å². The number of aromatic nitrogens is 1. The van der Waals surface area contributed by atoms with Crippen molar-refractivity contribution in [3.63, 3.8) is 0 Å². The number of aryl methyl sites for hydroxylation is 1. The molecule has 2 aromatic rings. The monoisotopic (exact) mass is 477 g/mol. The summed E-state index contributed by atoms with van der Waals surface area (Å²) < 4.78 is 5.04. The van der Waals surface area contributed by atoms with Gasteiger partial charge in [-0.25, -0.2) is 4.98 Å². The van der Waals surface area contributed by atoms with E-state index in [9.17, 15) is 9.59 Å². The van der Waals surface area contributed by atoms with E-state index in [1.165, 1.54) is 12.0 Å². The molecule has 29 heavy (non-hydrogen) atoms. The molecular weight excluding hydrogens is 460 g/mol. The van der Waals surface area contributed by atoms with Gasteiger partial charge in [0.15, 0.2) is 0 Å². The van der Waals surface area contributed by atoms with Crippen LogP contribution in [0.4, 0.5) is 5.69 Å². The minimum atomic E-state index is -0.622. The predicted molar refractivity (Wildman–Crippen MR) is 117 cm³/mol. The average Bonchev–Trinajstić information content (AvgIpc) is 2.69. The van der Waals surface area contributed by atoms with Crippen LogP contribution in [-0.2, 0) is 9.53 Å². The molecule has 0 aliphatic rings. The van der Waals surface area contributed by atoms with Crippen LogP contribution in [0.5, 0.6) is 0 Å². The van der Waals surface area contributed by atoms with E-state index in [0.717, 1.165) is 11.1 Å². The molecule has 1 N–H and O–H groups in total. The lowest BCUT2D eigenvalue weighted by Crippen LogP contribution is -2.40. The molecule has 1 heterocycles. The molecule has 0 aliphatic carbocycles. The van der Waals surface area contributed by atoms with E-state index in [1.54, 1.807) is 6.07 Å². The van der Waals surface area contributed by atoms with Crippen LogP contribution >= 0.6 is 46.4 Å². The fraction of sp³-hybridized carbons (Fsp3) is 0.316. The molecule has 1 aromatic heterocycles. The Morgan fingerprint density at radius 3 is 2.45 bits per heavy atom. The Hall–Kier alpha value is -1.57. The summed E-state index contributed by atoms with van der Waals surface area (Å²) in [6.45, 7) is 3.94. The van der Waals surface area contributed by atoms with Gasteiger partial charge >= 0.3 is 0 Å². The third-order valence-corrected chi connectivity index (χ3v) is 5.93. The van der Waals surface area contributed by atoms with Crippen molar-refractivity contribution in [3.8, 4) is 0 Å². The first-order valence-corrected chi connectivity index (χ1v) is 10.0. The zero-order valence-electron chi connectivity index (χ0n) is 16.0. The van der Waals surface area contributed by atoms with Crippen LogP contribution in [0.2, 0.25) is 20.2 Å². The van der Waals surface area contributed by atoms with Crippen molar-refractivity contribution in [2.75, 3.05) is 32.1 Å². The van der Waals surface area contributed by atoms with E-state index in [1.807, 2.05) is 26.0 Å². The van der Waals surface area contributed by atoms with Gasteiger partial charge < -0.3 is 15.0 Å². The second kappa shape index (κ2) is 10.5. The number of carbonyl (C=O) groups is 2. The molecule has 0 unspecified atom stereocenters. The molecule has 0 saturated heterocycles. The van der Waals surface area contributed by atoms with Crippen molar-refractivity contribution in [1.29, 1.82) is 0 Å². The zero-order valence-corrected chi connectivity index (χ0v) is 19.0. The summed E-state index contributed by atoms with van der Waals surface area (Å²) in [7, 11) is 1.49. The van der Waals surface area contributed by atoms with Gasteiger partial charge in [0.1, 0.15) is 17.4 Å². The van der Waals surface area contributed by atoms with Gasteiger partial charge in [-0.2, -0.15) is 0 Å². The van der Waals surface area contributed by atoms with E-state index in [0.29, 0.717) is 5.69 Å². The number of hydrogen-bond acceptors (Lipinski definition) is 4. The Morgan fingerprint density at radius 1 is 1.10 bits per heavy atom. The van der Waals surface area contributed by atoms with Crippen LogP contribution < -0.4 is 5.32 Å². The summed E-state index contributed by atoms with van der Waals surface area (Å²) in [6.07, 6.45) is 0. The summed E-state index contributed by atoms with van der Waals surface area (Å²) in [5.41, 5.74) is 2.46. The fourth-order valence-electron chi connectivity index (χ4n) is 2.48. The maximum Gasteiger partial charge on any atom is 0.274 e. The van der Waals surface area contributed by atoms with E-state index in [-0.39, 0.29) is 51.5 Å². The van der Waals surface area contributed by atoms with Gasteiger partial charge in [-0.05, 0) is 31.0 Å². The quantitative estimate of drug-likeness (QED) is 0.566. The molecule has 0 aliphatic heterocycles. The Balaban J connectivity index is 2.26. The van der Waals surface area contributed by atoms with Crippen LogP contribution in [0.3, 0.4) is 0 Å². The van der Waals surface area contributed by atoms with Crippen molar-refractivity contribution < 1.29 is 14.3 Å². The number of rotatable bonds is 7. The number of ether oxygens (including phenoxy) is 1. The highest BCUT2D eigenvalue weighted by molar-refractivity contribution is 6.52. The Kier molecular flexibility index (Phi) is 8.55. The number of methoxy groups -OCH3 is 1. The number of anilines is 1. The average molecular weight is 479 g/mol. The van der Waals surface area contributed by atoms with Crippen molar-refractivity contribution >= 4 is 63.9 Å². The summed E-state index contributed by atoms with van der Waals surface area (Å²) in [5, 5.41) is 2.39. The number of halogens is 4. The molecule has 0 radical (unpaired) electrons. The Morgan fingerprint density at radius 2 is 1.79 bits per heavy atom. The number of hydrogen-bond donors (Lipinski definition) is 1. The molecule has 0 bridgehead atoms. The SMILES string of the molecule is COCCN(CC(=O)Nc1cccc(C)c1C)C(=O)c1nc(Cl)c(Cl)c(Cl)c1Cl. The van der Waals surface area contributed by atoms with Gasteiger partial charge in [-0.1, -0.05) is 58.5 Å². The smallest absolute Gasteiger partial charge is 0.274 e. The van der Waals surface area contributed by atoms with Gasteiger partial charge in [-0.3, -0.25) is 9.59 Å². The highest BCUT2D eigenvalue weighted by atomic mass is 35.5. The summed E-state index contributed by atoms with van der Waals surface area (Å²) in [6, 6.07) is 5.58. The molecule has 0 atom stereocenters. The van der Waals surface area contributed by atoms with Crippen molar-refractivity contribution in [2.45, 2.75) is 13.8 Å². The molecule has 0 fully saturated rings. The highest BCUT2D eigenvalue weighted by Crippen LogP contribution is 2.36. The lowest BCUT2D eigenvalue weighted by Gasteiger charge is -2.22. The van der Waals surface area contributed by atoms with Gasteiger partial charge in [0, 0.05) is 19.3 Å². The number of pyridine rings is 1. The van der Waals surface area contributed by atoms with E-state index in [4.69, 9.17) is 51.1 Å². The van der Waals surface area contributed by atoms with Crippen LogP contribution in [-0.4, -0.2) is 48.5 Å². The number of nitrogens with one attached hydrogen (secondary N) is 1. The number of benzene rings is 1. The number of nitrogens with zero attached hydrogens (tertiary/aromatic N) is 2. The number of amides is 2. The summed E-state index contributed by atoms with van der Waals surface area (Å²) >= 11 is 24.0. The molecule has 6 nitrogen and oxygen atoms in total. The first kappa shape index (κ1) is 23.7. The standard InChI is InChI=1S/C19H19Cl4N3O3/c1-10-5-4-6-12(11(10)2)24-13(27)9-26(7-8-29-3)19(28)17-15(21)14(20)16(22)18(23)25-17/h4-6H,7-9H2,1-3H3,(H,24,27). The first-order valence-electron chi connectivity index (χ1n) is 8.51. The van der Waals surface area contributed by atoms with E-state index >= 15 is 0 Å². The predicted octanol–water partition coefficient (Wildman–Crippen LogP) is 5.04. The molecule has 156 valence electrons. The molecule has 10 heteroatoms.